The first-order valence-electron chi connectivity index (χ1n) is 8.40. The summed E-state index contributed by atoms with van der Waals surface area (Å²) < 4.78 is 0. The maximum atomic E-state index is 12.2. The molecule has 0 radical (unpaired) electrons. The Kier molecular flexibility index (Phi) is 5.19. The molecule has 7 heteroatoms. The molecule has 0 aliphatic heterocycles. The molecule has 0 atom stereocenters. The Morgan fingerprint density at radius 2 is 2.04 bits per heavy atom. The van der Waals surface area contributed by atoms with E-state index in [1.165, 1.54) is 0 Å². The van der Waals surface area contributed by atoms with E-state index >= 15 is 0 Å². The van der Waals surface area contributed by atoms with Crippen LogP contribution in [0.5, 0.6) is 0 Å². The average Bonchev–Trinajstić information content (AvgIpc) is 2.66. The molecule has 0 saturated carbocycles. The molecular formula is C19H18ClN5O. The minimum absolute atomic E-state index is 0.209. The lowest BCUT2D eigenvalue weighted by molar-refractivity contribution is 0.826. The summed E-state index contributed by atoms with van der Waals surface area (Å²) in [6.45, 7) is 4.32. The molecule has 6 nitrogen and oxygen atoms in total. The molecule has 2 aromatic heterocycles. The zero-order valence-electron chi connectivity index (χ0n) is 14.6. The van der Waals surface area contributed by atoms with Crippen molar-refractivity contribution in [1.29, 1.82) is 5.26 Å². The van der Waals surface area contributed by atoms with E-state index in [1.807, 2.05) is 13.8 Å². The Balaban J connectivity index is 1.98. The van der Waals surface area contributed by atoms with Gasteiger partial charge in [0.1, 0.15) is 5.82 Å². The van der Waals surface area contributed by atoms with Crippen LogP contribution < -0.4 is 10.9 Å². The Morgan fingerprint density at radius 1 is 1.23 bits per heavy atom. The molecule has 0 unspecified atom stereocenters. The van der Waals surface area contributed by atoms with Gasteiger partial charge in [0.2, 0.25) is 0 Å². The molecular weight excluding hydrogens is 350 g/mol. The van der Waals surface area contributed by atoms with Gasteiger partial charge in [-0.2, -0.15) is 10.4 Å². The highest BCUT2D eigenvalue weighted by atomic mass is 35.5. The van der Waals surface area contributed by atoms with Crippen LogP contribution in [0.2, 0.25) is 5.02 Å². The summed E-state index contributed by atoms with van der Waals surface area (Å²) in [5.74, 6) is 0.535. The van der Waals surface area contributed by atoms with Crippen LogP contribution in [0.4, 0.5) is 5.82 Å². The highest BCUT2D eigenvalue weighted by Crippen LogP contribution is 2.24. The molecule has 26 heavy (non-hydrogen) atoms. The van der Waals surface area contributed by atoms with Crippen LogP contribution in [0.15, 0.2) is 29.1 Å². The highest BCUT2D eigenvalue weighted by Gasteiger charge is 2.13. The topological polar surface area (TPSA) is 94.5 Å². The van der Waals surface area contributed by atoms with Crippen LogP contribution in [0, 0.1) is 11.3 Å². The first-order valence-corrected chi connectivity index (χ1v) is 8.78. The number of pyridine rings is 1. The fraction of sp³-hybridized carbons (Fsp3) is 0.263. The maximum Gasteiger partial charge on any atom is 0.269 e. The second-order valence-corrected chi connectivity index (χ2v) is 6.28. The Labute approximate surface area is 155 Å². The van der Waals surface area contributed by atoms with Crippen molar-refractivity contribution in [2.45, 2.75) is 33.2 Å². The third-order valence-electron chi connectivity index (χ3n) is 4.31. The first-order chi connectivity index (χ1) is 12.6. The van der Waals surface area contributed by atoms with E-state index in [0.29, 0.717) is 39.4 Å². The molecule has 0 saturated heterocycles. The van der Waals surface area contributed by atoms with Crippen LogP contribution in [-0.2, 0) is 19.4 Å². The summed E-state index contributed by atoms with van der Waals surface area (Å²) in [5.41, 5.74) is 3.44. The summed E-state index contributed by atoms with van der Waals surface area (Å²) in [6, 6.07) is 9.07. The number of fused-ring (bicyclic) bond motifs is 1. The minimum Gasteiger partial charge on any atom is -0.366 e. The predicted molar refractivity (Wildman–Crippen MR) is 102 cm³/mol. The predicted octanol–water partition coefficient (Wildman–Crippen LogP) is 3.58. The van der Waals surface area contributed by atoms with Gasteiger partial charge in [-0.3, -0.25) is 4.79 Å². The Morgan fingerprint density at radius 3 is 2.73 bits per heavy atom. The monoisotopic (exact) mass is 367 g/mol. The van der Waals surface area contributed by atoms with Crippen molar-refractivity contribution in [2.24, 2.45) is 0 Å². The molecule has 2 N–H and O–H groups in total. The third kappa shape index (κ3) is 3.39. The Hall–Kier alpha value is -2.91. The lowest BCUT2D eigenvalue weighted by Gasteiger charge is -2.12. The number of hydrogen-bond acceptors (Lipinski definition) is 5. The van der Waals surface area contributed by atoms with Crippen LogP contribution in [0.1, 0.15) is 36.2 Å². The minimum atomic E-state index is -0.209. The quantitative estimate of drug-likeness (QED) is 0.718. The van der Waals surface area contributed by atoms with Crippen LogP contribution in [-0.4, -0.2) is 15.2 Å². The number of nitrogens with zero attached hydrogens (tertiary/aromatic N) is 3. The van der Waals surface area contributed by atoms with Gasteiger partial charge in [0.15, 0.2) is 0 Å². The number of aryl methyl sites for hydroxylation is 1. The van der Waals surface area contributed by atoms with E-state index in [2.05, 4.69) is 26.6 Å². The largest absolute Gasteiger partial charge is 0.366 e. The van der Waals surface area contributed by atoms with E-state index in [0.717, 1.165) is 24.1 Å². The van der Waals surface area contributed by atoms with Gasteiger partial charge in [-0.05, 0) is 42.7 Å². The number of hydrogen-bond donors (Lipinski definition) is 2. The fourth-order valence-electron chi connectivity index (χ4n) is 3.02. The number of benzene rings is 1. The van der Waals surface area contributed by atoms with Gasteiger partial charge < -0.3 is 5.32 Å². The smallest absolute Gasteiger partial charge is 0.269 e. The summed E-state index contributed by atoms with van der Waals surface area (Å²) in [6.07, 6.45) is 1.48. The number of aromatic amines is 1. The van der Waals surface area contributed by atoms with Crippen molar-refractivity contribution in [3.05, 3.63) is 62.0 Å². The lowest BCUT2D eigenvalue weighted by atomic mass is 10.0. The van der Waals surface area contributed by atoms with Gasteiger partial charge in [-0.1, -0.05) is 25.4 Å². The average molecular weight is 368 g/mol. The maximum absolute atomic E-state index is 12.2. The summed E-state index contributed by atoms with van der Waals surface area (Å²) >= 11 is 6.01. The zero-order chi connectivity index (χ0) is 18.7. The third-order valence-corrected chi connectivity index (χ3v) is 4.54. The molecule has 3 aromatic rings. The number of nitrogens with one attached hydrogen (secondary N) is 2. The van der Waals surface area contributed by atoms with Crippen molar-refractivity contribution in [3.63, 3.8) is 0 Å². The molecule has 3 rings (SSSR count). The van der Waals surface area contributed by atoms with Gasteiger partial charge in [0.05, 0.1) is 22.8 Å². The fourth-order valence-corrected chi connectivity index (χ4v) is 3.19. The normalized spacial score (nSPS) is 10.7. The molecule has 0 spiro atoms. The molecule has 0 aliphatic carbocycles. The van der Waals surface area contributed by atoms with E-state index in [1.54, 1.807) is 24.3 Å². The summed E-state index contributed by atoms with van der Waals surface area (Å²) in [5, 5.41) is 20.5. The van der Waals surface area contributed by atoms with Gasteiger partial charge >= 0.3 is 0 Å². The highest BCUT2D eigenvalue weighted by molar-refractivity contribution is 6.31. The van der Waals surface area contributed by atoms with E-state index < -0.39 is 0 Å². The summed E-state index contributed by atoms with van der Waals surface area (Å²) in [7, 11) is 0. The van der Waals surface area contributed by atoms with Crippen molar-refractivity contribution in [2.75, 3.05) is 5.32 Å². The molecule has 132 valence electrons. The number of halogens is 1. The van der Waals surface area contributed by atoms with E-state index in [4.69, 9.17) is 11.6 Å². The van der Waals surface area contributed by atoms with Gasteiger partial charge in [-0.15, -0.1) is 0 Å². The van der Waals surface area contributed by atoms with Gasteiger partial charge in [0.25, 0.3) is 5.56 Å². The van der Waals surface area contributed by atoms with Gasteiger partial charge in [-0.25, -0.2) is 10.1 Å². The van der Waals surface area contributed by atoms with Crippen molar-refractivity contribution in [3.8, 4) is 6.07 Å². The van der Waals surface area contributed by atoms with Crippen LogP contribution in [0.25, 0.3) is 10.9 Å². The van der Waals surface area contributed by atoms with Crippen molar-refractivity contribution >= 4 is 28.3 Å². The van der Waals surface area contributed by atoms with Gasteiger partial charge in [0, 0.05) is 22.5 Å². The summed E-state index contributed by atoms with van der Waals surface area (Å²) in [4.78, 5) is 16.7. The van der Waals surface area contributed by atoms with E-state index in [-0.39, 0.29) is 5.56 Å². The van der Waals surface area contributed by atoms with Crippen molar-refractivity contribution in [1.82, 2.24) is 15.2 Å². The molecule has 2 heterocycles. The second-order valence-electron chi connectivity index (χ2n) is 5.85. The second kappa shape index (κ2) is 7.54. The van der Waals surface area contributed by atoms with Crippen molar-refractivity contribution < 1.29 is 0 Å². The Bertz CT molecular complexity index is 1070. The zero-order valence-corrected chi connectivity index (χ0v) is 15.3. The number of nitriles is 1. The van der Waals surface area contributed by atoms with Crippen LogP contribution >= 0.6 is 11.6 Å². The molecule has 1 aromatic carbocycles. The lowest BCUT2D eigenvalue weighted by Crippen LogP contribution is -2.22. The number of aromatic nitrogens is 3. The number of rotatable bonds is 5. The molecule has 0 bridgehead atoms. The number of H-pyrrole nitrogens is 1. The molecule has 0 fully saturated rings. The molecule has 0 aliphatic rings. The van der Waals surface area contributed by atoms with Crippen LogP contribution in [0.3, 0.4) is 0 Å². The molecule has 0 amide bonds. The van der Waals surface area contributed by atoms with E-state index in [9.17, 15) is 10.1 Å². The standard InChI is InChI=1S/C19H18ClN5O/c1-3-13-15(19(26)25-24-16(13)4-2)10-22-18-7-11(9-21)14-8-12(20)5-6-17(14)23-18/h5-8H,3-4,10H2,1-2H3,(H,22,23)(H,25,26). The first kappa shape index (κ1) is 17.9. The number of anilines is 1. The SMILES string of the molecule is CCc1n[nH]c(=O)c(CNc2cc(C#N)c3cc(Cl)ccc3n2)c1CC.